The molecule has 2 aromatic carbocycles. The summed E-state index contributed by atoms with van der Waals surface area (Å²) < 4.78 is 13.7. The van der Waals surface area contributed by atoms with Gasteiger partial charge >= 0.3 is 0 Å². The van der Waals surface area contributed by atoms with Crippen LogP contribution in [0.2, 0.25) is 0 Å². The van der Waals surface area contributed by atoms with E-state index in [4.69, 9.17) is 0 Å². The highest BCUT2D eigenvalue weighted by Gasteiger charge is 2.13. The Morgan fingerprint density at radius 2 is 1.90 bits per heavy atom. The number of aryl methyl sites for hydroxylation is 1. The van der Waals surface area contributed by atoms with Gasteiger partial charge in [0.15, 0.2) is 0 Å². The molecule has 0 bridgehead atoms. The normalized spacial score (nSPS) is 10.3. The largest absolute Gasteiger partial charge is 0.377 e. The molecule has 0 atom stereocenters. The van der Waals surface area contributed by atoms with E-state index >= 15 is 0 Å². The topological polar surface area (TPSA) is 32.3 Å². The summed E-state index contributed by atoms with van der Waals surface area (Å²) >= 11 is 4.13. The minimum Gasteiger partial charge on any atom is -0.377 e. The second-order valence-electron chi connectivity index (χ2n) is 5.01. The fraction of sp³-hybridized carbons (Fsp3) is 0.188. The van der Waals surface area contributed by atoms with E-state index in [0.717, 1.165) is 11.3 Å². The third-order valence-electron chi connectivity index (χ3n) is 3.14. The first-order valence-corrected chi connectivity index (χ1v) is 6.91. The van der Waals surface area contributed by atoms with E-state index in [2.05, 4.69) is 17.9 Å². The maximum atomic E-state index is 13.7. The first-order chi connectivity index (χ1) is 9.88. The number of hydrogen-bond acceptors (Lipinski definition) is 3. The molecule has 0 aromatic heterocycles. The quantitative estimate of drug-likeness (QED) is 0.847. The Morgan fingerprint density at radius 3 is 2.57 bits per heavy atom. The average molecular weight is 304 g/mol. The summed E-state index contributed by atoms with van der Waals surface area (Å²) in [6.45, 7) is 1.99. The highest BCUT2D eigenvalue weighted by Crippen LogP contribution is 2.23. The molecule has 0 aliphatic rings. The highest BCUT2D eigenvalue weighted by molar-refractivity contribution is 7.80. The fourth-order valence-electron chi connectivity index (χ4n) is 2.05. The average Bonchev–Trinajstić information content (AvgIpc) is 2.43. The zero-order valence-corrected chi connectivity index (χ0v) is 13.0. The fourth-order valence-corrected chi connectivity index (χ4v) is 2.26. The van der Waals surface area contributed by atoms with Gasteiger partial charge in [-0.2, -0.15) is 0 Å². The van der Waals surface area contributed by atoms with Gasteiger partial charge in [-0.05, 0) is 42.8 Å². The standard InChI is InChI=1S/C16H17FN2OS/c1-10-4-5-11(8-15(10)19(2)3)18-16(20)13-9-12(21)6-7-14(13)17/h4-9,21H,1-3H3,(H,18,20). The lowest BCUT2D eigenvalue weighted by Crippen LogP contribution is -2.15. The molecule has 0 unspecified atom stereocenters. The molecule has 0 saturated carbocycles. The van der Waals surface area contributed by atoms with Crippen LogP contribution in [0.1, 0.15) is 15.9 Å². The monoisotopic (exact) mass is 304 g/mol. The zero-order valence-electron chi connectivity index (χ0n) is 12.1. The zero-order chi connectivity index (χ0) is 15.6. The van der Waals surface area contributed by atoms with Gasteiger partial charge in [0.1, 0.15) is 5.82 Å². The van der Waals surface area contributed by atoms with Crippen LogP contribution in [0.3, 0.4) is 0 Å². The minimum absolute atomic E-state index is 0.0190. The second-order valence-corrected chi connectivity index (χ2v) is 5.53. The predicted molar refractivity (Wildman–Crippen MR) is 87.1 cm³/mol. The molecule has 0 heterocycles. The van der Waals surface area contributed by atoms with Gasteiger partial charge in [-0.3, -0.25) is 4.79 Å². The molecule has 5 heteroatoms. The number of carbonyl (C=O) groups excluding carboxylic acids is 1. The van der Waals surface area contributed by atoms with E-state index in [-0.39, 0.29) is 5.56 Å². The summed E-state index contributed by atoms with van der Waals surface area (Å²) in [5, 5.41) is 2.71. The van der Waals surface area contributed by atoms with Crippen LogP contribution >= 0.6 is 12.6 Å². The van der Waals surface area contributed by atoms with Gasteiger partial charge in [0.25, 0.3) is 5.91 Å². The molecule has 2 rings (SSSR count). The molecule has 0 fully saturated rings. The van der Waals surface area contributed by atoms with Crippen molar-refractivity contribution in [1.29, 1.82) is 0 Å². The van der Waals surface area contributed by atoms with Crippen molar-refractivity contribution in [2.24, 2.45) is 0 Å². The highest BCUT2D eigenvalue weighted by atomic mass is 32.1. The van der Waals surface area contributed by atoms with Crippen molar-refractivity contribution in [3.8, 4) is 0 Å². The molecule has 110 valence electrons. The Bertz CT molecular complexity index is 686. The lowest BCUT2D eigenvalue weighted by atomic mass is 10.1. The molecule has 0 radical (unpaired) electrons. The second kappa shape index (κ2) is 6.18. The molecule has 21 heavy (non-hydrogen) atoms. The molecule has 1 N–H and O–H groups in total. The van der Waals surface area contributed by atoms with Crippen molar-refractivity contribution in [2.45, 2.75) is 11.8 Å². The first kappa shape index (κ1) is 15.4. The lowest BCUT2D eigenvalue weighted by Gasteiger charge is -2.17. The van der Waals surface area contributed by atoms with Gasteiger partial charge in [0.05, 0.1) is 5.56 Å². The van der Waals surface area contributed by atoms with Crippen molar-refractivity contribution in [1.82, 2.24) is 0 Å². The maximum Gasteiger partial charge on any atom is 0.258 e. The summed E-state index contributed by atoms with van der Waals surface area (Å²) in [6.07, 6.45) is 0. The lowest BCUT2D eigenvalue weighted by molar-refractivity contribution is 0.102. The molecule has 0 spiro atoms. The van der Waals surface area contributed by atoms with Crippen molar-refractivity contribution in [2.75, 3.05) is 24.3 Å². The first-order valence-electron chi connectivity index (χ1n) is 6.46. The van der Waals surface area contributed by atoms with Crippen LogP contribution < -0.4 is 10.2 Å². The maximum absolute atomic E-state index is 13.7. The van der Waals surface area contributed by atoms with Gasteiger partial charge in [-0.25, -0.2) is 4.39 Å². The van der Waals surface area contributed by atoms with E-state index in [0.29, 0.717) is 10.6 Å². The van der Waals surface area contributed by atoms with Crippen molar-refractivity contribution in [3.05, 3.63) is 53.3 Å². The number of carbonyl (C=O) groups is 1. The predicted octanol–water partition coefficient (Wildman–Crippen LogP) is 3.74. The van der Waals surface area contributed by atoms with Crippen LogP contribution in [0.4, 0.5) is 15.8 Å². The molecular formula is C16H17FN2OS. The minimum atomic E-state index is -0.565. The van der Waals surface area contributed by atoms with Gasteiger partial charge in [0.2, 0.25) is 0 Å². The Balaban J connectivity index is 2.27. The molecule has 0 saturated heterocycles. The molecule has 1 amide bonds. The van der Waals surface area contributed by atoms with E-state index in [1.165, 1.54) is 18.2 Å². The SMILES string of the molecule is Cc1ccc(NC(=O)c2cc(S)ccc2F)cc1N(C)C. The number of thiol groups is 1. The smallest absolute Gasteiger partial charge is 0.258 e. The number of anilines is 2. The Morgan fingerprint density at radius 1 is 1.19 bits per heavy atom. The number of rotatable bonds is 3. The molecule has 2 aromatic rings. The number of halogens is 1. The van der Waals surface area contributed by atoms with Crippen molar-refractivity contribution < 1.29 is 9.18 Å². The molecule has 3 nitrogen and oxygen atoms in total. The third-order valence-corrected chi connectivity index (χ3v) is 3.42. The molecule has 0 aliphatic carbocycles. The summed E-state index contributed by atoms with van der Waals surface area (Å²) in [6, 6.07) is 9.71. The van der Waals surface area contributed by atoms with E-state index < -0.39 is 11.7 Å². The van der Waals surface area contributed by atoms with Crippen LogP contribution in [0.15, 0.2) is 41.3 Å². The van der Waals surface area contributed by atoms with Crippen molar-refractivity contribution in [3.63, 3.8) is 0 Å². The summed E-state index contributed by atoms with van der Waals surface area (Å²) in [7, 11) is 3.86. The summed E-state index contributed by atoms with van der Waals surface area (Å²) in [4.78, 5) is 14.7. The van der Waals surface area contributed by atoms with E-state index in [1.807, 2.05) is 38.1 Å². The Labute approximate surface area is 129 Å². The van der Waals surface area contributed by atoms with Crippen molar-refractivity contribution >= 4 is 29.9 Å². The van der Waals surface area contributed by atoms with E-state index in [1.54, 1.807) is 6.07 Å². The van der Waals surface area contributed by atoms with Gasteiger partial charge in [0, 0.05) is 30.4 Å². The van der Waals surface area contributed by atoms with Crippen LogP contribution in [-0.2, 0) is 0 Å². The van der Waals surface area contributed by atoms with Crippen LogP contribution in [-0.4, -0.2) is 20.0 Å². The third kappa shape index (κ3) is 3.55. The molecule has 0 aliphatic heterocycles. The summed E-state index contributed by atoms with van der Waals surface area (Å²) in [5.74, 6) is -1.05. The van der Waals surface area contributed by atoms with Crippen LogP contribution in [0.25, 0.3) is 0 Å². The number of amides is 1. The summed E-state index contributed by atoms with van der Waals surface area (Å²) in [5.41, 5.74) is 2.70. The number of hydrogen-bond donors (Lipinski definition) is 2. The van der Waals surface area contributed by atoms with Crippen LogP contribution in [0, 0.1) is 12.7 Å². The number of nitrogens with one attached hydrogen (secondary N) is 1. The Kier molecular flexibility index (Phi) is 4.53. The van der Waals surface area contributed by atoms with Gasteiger partial charge < -0.3 is 10.2 Å². The van der Waals surface area contributed by atoms with Gasteiger partial charge in [-0.1, -0.05) is 6.07 Å². The number of benzene rings is 2. The van der Waals surface area contributed by atoms with E-state index in [9.17, 15) is 9.18 Å². The Hall–Kier alpha value is -2.01. The number of nitrogens with zero attached hydrogens (tertiary/aromatic N) is 1. The van der Waals surface area contributed by atoms with Crippen LogP contribution in [0.5, 0.6) is 0 Å². The van der Waals surface area contributed by atoms with Gasteiger partial charge in [-0.15, -0.1) is 12.6 Å². The molecular weight excluding hydrogens is 287 g/mol.